The first kappa shape index (κ1) is 20.9. The van der Waals surface area contributed by atoms with E-state index in [1.165, 1.54) is 25.3 Å². The number of methoxy groups -OCH3 is 1. The largest absolute Gasteiger partial charge is 0.494 e. The average molecular weight is 366 g/mol. The van der Waals surface area contributed by atoms with Crippen LogP contribution in [0.25, 0.3) is 0 Å². The Balaban J connectivity index is 2.52. The Bertz CT molecular complexity index is 689. The van der Waals surface area contributed by atoms with Crippen LogP contribution in [-0.4, -0.2) is 42.7 Å². The summed E-state index contributed by atoms with van der Waals surface area (Å²) in [5, 5.41) is 19.3. The van der Waals surface area contributed by atoms with Gasteiger partial charge in [-0.2, -0.15) is 0 Å². The van der Waals surface area contributed by atoms with Crippen LogP contribution in [-0.2, 0) is 14.4 Å². The maximum Gasteiger partial charge on any atom is 0.273 e. The van der Waals surface area contributed by atoms with Crippen molar-refractivity contribution in [2.75, 3.05) is 19.0 Å². The molecule has 1 atom stereocenters. The number of nitrogens with zero attached hydrogens (tertiary/aromatic N) is 2. The van der Waals surface area contributed by atoms with Gasteiger partial charge in [-0.25, -0.2) is 0 Å². The molecule has 0 saturated heterocycles. The SMILES string of the molecule is COc1cc([N+](=O)[O-])ccc1NC(=O)/C=N\OCC(=O)N[C@@H](C)C(C)C. The van der Waals surface area contributed by atoms with Crippen molar-refractivity contribution >= 4 is 29.4 Å². The van der Waals surface area contributed by atoms with E-state index in [0.29, 0.717) is 0 Å². The molecule has 1 aromatic rings. The Morgan fingerprint density at radius 3 is 2.62 bits per heavy atom. The van der Waals surface area contributed by atoms with Crippen LogP contribution in [0.3, 0.4) is 0 Å². The van der Waals surface area contributed by atoms with Crippen molar-refractivity contribution in [2.24, 2.45) is 11.1 Å². The van der Waals surface area contributed by atoms with E-state index in [9.17, 15) is 19.7 Å². The van der Waals surface area contributed by atoms with E-state index in [-0.39, 0.29) is 41.6 Å². The maximum absolute atomic E-state index is 11.8. The molecule has 0 unspecified atom stereocenters. The van der Waals surface area contributed by atoms with Crippen LogP contribution in [0.4, 0.5) is 11.4 Å². The van der Waals surface area contributed by atoms with Crippen LogP contribution in [0, 0.1) is 16.0 Å². The molecule has 0 aliphatic carbocycles. The summed E-state index contributed by atoms with van der Waals surface area (Å²) >= 11 is 0. The normalized spacial score (nSPS) is 11.9. The highest BCUT2D eigenvalue weighted by molar-refractivity contribution is 6.31. The molecule has 0 fully saturated rings. The molecule has 0 spiro atoms. The Morgan fingerprint density at radius 2 is 2.04 bits per heavy atom. The number of anilines is 1. The van der Waals surface area contributed by atoms with Crippen LogP contribution in [0.5, 0.6) is 5.75 Å². The lowest BCUT2D eigenvalue weighted by molar-refractivity contribution is -0.384. The van der Waals surface area contributed by atoms with E-state index in [1.54, 1.807) is 0 Å². The number of nitro groups is 1. The molecule has 142 valence electrons. The average Bonchev–Trinajstić information content (AvgIpc) is 2.58. The number of nitro benzene ring substituents is 1. The number of rotatable bonds is 9. The van der Waals surface area contributed by atoms with Crippen molar-refractivity contribution in [3.63, 3.8) is 0 Å². The Labute approximate surface area is 150 Å². The Kier molecular flexibility index (Phi) is 8.00. The minimum atomic E-state index is -0.645. The quantitative estimate of drug-likeness (QED) is 0.388. The lowest BCUT2D eigenvalue weighted by atomic mass is 10.1. The molecule has 0 radical (unpaired) electrons. The van der Waals surface area contributed by atoms with E-state index >= 15 is 0 Å². The van der Waals surface area contributed by atoms with Gasteiger partial charge in [0.15, 0.2) is 6.61 Å². The summed E-state index contributed by atoms with van der Waals surface area (Å²) in [6.45, 7) is 5.50. The Hall–Kier alpha value is -3.17. The summed E-state index contributed by atoms with van der Waals surface area (Å²) in [6.07, 6.45) is 0.847. The predicted octanol–water partition coefficient (Wildman–Crippen LogP) is 1.70. The zero-order valence-electron chi connectivity index (χ0n) is 15.0. The van der Waals surface area contributed by atoms with E-state index in [1.807, 2.05) is 20.8 Å². The van der Waals surface area contributed by atoms with Crippen molar-refractivity contribution in [1.82, 2.24) is 5.32 Å². The van der Waals surface area contributed by atoms with Gasteiger partial charge in [-0.15, -0.1) is 0 Å². The fraction of sp³-hybridized carbons (Fsp3) is 0.438. The minimum absolute atomic E-state index is 0.00650. The van der Waals surface area contributed by atoms with Crippen LogP contribution in [0.15, 0.2) is 23.4 Å². The number of hydrogen-bond donors (Lipinski definition) is 2. The number of amides is 2. The number of nitrogens with one attached hydrogen (secondary N) is 2. The summed E-state index contributed by atoms with van der Waals surface area (Å²) < 4.78 is 5.00. The summed E-state index contributed by atoms with van der Waals surface area (Å²) in [4.78, 5) is 38.3. The van der Waals surface area contributed by atoms with E-state index in [4.69, 9.17) is 9.57 Å². The number of ether oxygens (including phenoxy) is 1. The molecule has 26 heavy (non-hydrogen) atoms. The van der Waals surface area contributed by atoms with Crippen LogP contribution in [0.2, 0.25) is 0 Å². The minimum Gasteiger partial charge on any atom is -0.494 e. The molecule has 10 heteroatoms. The third-order valence-electron chi connectivity index (χ3n) is 3.48. The molecule has 1 rings (SSSR count). The van der Waals surface area contributed by atoms with Gasteiger partial charge in [-0.1, -0.05) is 19.0 Å². The number of non-ortho nitro benzene ring substituents is 1. The zero-order chi connectivity index (χ0) is 19.7. The van der Waals surface area contributed by atoms with Crippen LogP contribution >= 0.6 is 0 Å². The summed E-state index contributed by atoms with van der Waals surface area (Å²) in [6, 6.07) is 3.74. The molecular weight excluding hydrogens is 344 g/mol. The van der Waals surface area contributed by atoms with Gasteiger partial charge >= 0.3 is 0 Å². The van der Waals surface area contributed by atoms with Crippen molar-refractivity contribution in [1.29, 1.82) is 0 Å². The van der Waals surface area contributed by atoms with E-state index in [2.05, 4.69) is 15.8 Å². The topological polar surface area (TPSA) is 132 Å². The van der Waals surface area contributed by atoms with Gasteiger partial charge < -0.3 is 20.2 Å². The monoisotopic (exact) mass is 366 g/mol. The fourth-order valence-corrected chi connectivity index (χ4v) is 1.71. The molecule has 0 aliphatic rings. The maximum atomic E-state index is 11.8. The van der Waals surface area contributed by atoms with Gasteiger partial charge in [0, 0.05) is 12.1 Å². The van der Waals surface area contributed by atoms with Crippen LogP contribution < -0.4 is 15.4 Å². The van der Waals surface area contributed by atoms with Crippen molar-refractivity contribution in [3.05, 3.63) is 28.3 Å². The highest BCUT2D eigenvalue weighted by Crippen LogP contribution is 2.28. The Morgan fingerprint density at radius 1 is 1.35 bits per heavy atom. The molecule has 0 bridgehead atoms. The summed E-state index contributed by atoms with van der Waals surface area (Å²) in [5.74, 6) is -0.581. The second-order valence-corrected chi connectivity index (χ2v) is 5.74. The van der Waals surface area contributed by atoms with Gasteiger partial charge in [-0.05, 0) is 18.9 Å². The summed E-state index contributed by atoms with van der Waals surface area (Å²) in [7, 11) is 1.32. The third-order valence-corrected chi connectivity index (χ3v) is 3.48. The van der Waals surface area contributed by atoms with Gasteiger partial charge in [0.1, 0.15) is 12.0 Å². The second-order valence-electron chi connectivity index (χ2n) is 5.74. The molecule has 0 saturated carbocycles. The van der Waals surface area contributed by atoms with Crippen molar-refractivity contribution in [3.8, 4) is 5.75 Å². The van der Waals surface area contributed by atoms with E-state index in [0.717, 1.165) is 6.21 Å². The molecule has 0 heterocycles. The van der Waals surface area contributed by atoms with Gasteiger partial charge in [0.05, 0.1) is 23.8 Å². The molecular formula is C16H22N4O6. The van der Waals surface area contributed by atoms with Gasteiger partial charge in [0.25, 0.3) is 17.5 Å². The molecule has 2 N–H and O–H groups in total. The van der Waals surface area contributed by atoms with Crippen LogP contribution in [0.1, 0.15) is 20.8 Å². The lowest BCUT2D eigenvalue weighted by Crippen LogP contribution is -2.38. The number of benzene rings is 1. The first-order valence-electron chi connectivity index (χ1n) is 7.82. The lowest BCUT2D eigenvalue weighted by Gasteiger charge is -2.16. The van der Waals surface area contributed by atoms with Crippen molar-refractivity contribution < 1.29 is 24.1 Å². The highest BCUT2D eigenvalue weighted by Gasteiger charge is 2.13. The number of hydrogen-bond acceptors (Lipinski definition) is 7. The number of oxime groups is 1. The smallest absolute Gasteiger partial charge is 0.273 e. The molecule has 0 aliphatic heterocycles. The van der Waals surface area contributed by atoms with Gasteiger partial charge in [0.2, 0.25) is 0 Å². The highest BCUT2D eigenvalue weighted by atomic mass is 16.6. The van der Waals surface area contributed by atoms with E-state index < -0.39 is 10.8 Å². The number of carbonyl (C=O) groups is 2. The van der Waals surface area contributed by atoms with Gasteiger partial charge in [-0.3, -0.25) is 19.7 Å². The standard InChI is InChI=1S/C16H22N4O6/c1-10(2)11(3)18-16(22)9-26-17-8-15(21)19-13-6-5-12(20(23)24)7-14(13)25-4/h5-8,10-11H,9H2,1-4H3,(H,18,22)(H,19,21)/b17-8-/t11-/m0/s1. The summed E-state index contributed by atoms with van der Waals surface area (Å²) in [5.41, 5.74) is 0.0662. The first-order chi connectivity index (χ1) is 12.2. The predicted molar refractivity (Wildman–Crippen MR) is 95.2 cm³/mol. The molecule has 10 nitrogen and oxygen atoms in total. The number of carbonyl (C=O) groups excluding carboxylic acids is 2. The fourth-order valence-electron chi connectivity index (χ4n) is 1.71. The molecule has 1 aromatic carbocycles. The third kappa shape index (κ3) is 6.75. The first-order valence-corrected chi connectivity index (χ1v) is 7.82. The molecule has 0 aromatic heterocycles. The second kappa shape index (κ2) is 9.97. The molecule has 2 amide bonds. The van der Waals surface area contributed by atoms with Crippen molar-refractivity contribution in [2.45, 2.75) is 26.8 Å². The zero-order valence-corrected chi connectivity index (χ0v) is 15.0.